The van der Waals surface area contributed by atoms with Crippen molar-refractivity contribution in [1.29, 1.82) is 0 Å². The van der Waals surface area contributed by atoms with Gasteiger partial charge in [-0.05, 0) is 35.7 Å². The number of hydrogen-bond acceptors (Lipinski definition) is 3. The monoisotopic (exact) mass is 306 g/mol. The lowest BCUT2D eigenvalue weighted by Gasteiger charge is -2.28. The average molecular weight is 306 g/mol. The highest BCUT2D eigenvalue weighted by molar-refractivity contribution is 7.89. The standard InChI is InChI=1S/C15H15FN2O2S/c16-13-5-6-14(17)15(9-13)21(19,20)18-8-7-11-3-1-2-4-12(11)10-18/h1-6,9H,7-8,10,17H2. The molecule has 0 unspecified atom stereocenters. The van der Waals surface area contributed by atoms with Crippen LogP contribution < -0.4 is 5.73 Å². The quantitative estimate of drug-likeness (QED) is 0.865. The van der Waals surface area contributed by atoms with Gasteiger partial charge >= 0.3 is 0 Å². The Morgan fingerprint density at radius 2 is 1.81 bits per heavy atom. The fourth-order valence-corrected chi connectivity index (χ4v) is 4.09. The first-order valence-corrected chi connectivity index (χ1v) is 8.04. The Balaban J connectivity index is 1.99. The van der Waals surface area contributed by atoms with Gasteiger partial charge in [0.25, 0.3) is 0 Å². The maximum absolute atomic E-state index is 13.3. The van der Waals surface area contributed by atoms with Crippen LogP contribution in [0.3, 0.4) is 0 Å². The van der Waals surface area contributed by atoms with Crippen molar-refractivity contribution in [3.63, 3.8) is 0 Å². The van der Waals surface area contributed by atoms with Crippen LogP contribution in [-0.2, 0) is 23.0 Å². The largest absolute Gasteiger partial charge is 0.398 e. The maximum Gasteiger partial charge on any atom is 0.245 e. The molecule has 4 nitrogen and oxygen atoms in total. The van der Waals surface area contributed by atoms with E-state index in [9.17, 15) is 12.8 Å². The third-order valence-corrected chi connectivity index (χ3v) is 5.59. The van der Waals surface area contributed by atoms with Gasteiger partial charge in [-0.2, -0.15) is 4.31 Å². The van der Waals surface area contributed by atoms with Crippen molar-refractivity contribution in [3.8, 4) is 0 Å². The highest BCUT2D eigenvalue weighted by Crippen LogP contribution is 2.28. The molecule has 0 saturated carbocycles. The summed E-state index contributed by atoms with van der Waals surface area (Å²) in [5.74, 6) is -0.611. The summed E-state index contributed by atoms with van der Waals surface area (Å²) in [6, 6.07) is 11.1. The van der Waals surface area contributed by atoms with Crippen LogP contribution in [0.5, 0.6) is 0 Å². The predicted octanol–water partition coefficient (Wildman–Crippen LogP) is 2.15. The summed E-state index contributed by atoms with van der Waals surface area (Å²) in [5, 5.41) is 0. The lowest BCUT2D eigenvalue weighted by molar-refractivity contribution is 0.391. The SMILES string of the molecule is Nc1ccc(F)cc1S(=O)(=O)N1CCc2ccccc2C1. The number of benzene rings is 2. The number of nitrogens with zero attached hydrogens (tertiary/aromatic N) is 1. The highest BCUT2D eigenvalue weighted by Gasteiger charge is 2.29. The molecule has 3 rings (SSSR count). The minimum Gasteiger partial charge on any atom is -0.398 e. The summed E-state index contributed by atoms with van der Waals surface area (Å²) >= 11 is 0. The molecule has 0 aromatic heterocycles. The molecule has 2 aromatic carbocycles. The molecule has 6 heteroatoms. The average Bonchev–Trinajstić information content (AvgIpc) is 2.49. The third kappa shape index (κ3) is 2.52. The van der Waals surface area contributed by atoms with E-state index in [0.717, 1.165) is 23.3 Å². The van der Waals surface area contributed by atoms with Crippen molar-refractivity contribution < 1.29 is 12.8 Å². The van der Waals surface area contributed by atoms with E-state index in [0.29, 0.717) is 13.0 Å². The number of nitrogen functional groups attached to an aromatic ring is 1. The predicted molar refractivity (Wildman–Crippen MR) is 78.6 cm³/mol. The molecule has 0 atom stereocenters. The number of halogens is 1. The van der Waals surface area contributed by atoms with Crippen molar-refractivity contribution in [3.05, 3.63) is 59.4 Å². The van der Waals surface area contributed by atoms with E-state index < -0.39 is 15.8 Å². The first-order chi connectivity index (χ1) is 9.98. The Hall–Kier alpha value is -1.92. The van der Waals surface area contributed by atoms with Crippen LogP contribution in [0.4, 0.5) is 10.1 Å². The van der Waals surface area contributed by atoms with Gasteiger partial charge in [-0.25, -0.2) is 12.8 Å². The van der Waals surface area contributed by atoms with Gasteiger partial charge in [0.15, 0.2) is 0 Å². The number of nitrogens with two attached hydrogens (primary N) is 1. The van der Waals surface area contributed by atoms with Gasteiger partial charge in [0.1, 0.15) is 10.7 Å². The number of hydrogen-bond donors (Lipinski definition) is 1. The van der Waals surface area contributed by atoms with Crippen molar-refractivity contribution in [2.24, 2.45) is 0 Å². The van der Waals surface area contributed by atoms with Gasteiger partial charge in [0.2, 0.25) is 10.0 Å². The summed E-state index contributed by atoms with van der Waals surface area (Å²) < 4.78 is 40.0. The second kappa shape index (κ2) is 5.13. The van der Waals surface area contributed by atoms with Crippen molar-refractivity contribution in [2.75, 3.05) is 12.3 Å². The van der Waals surface area contributed by atoms with Crippen molar-refractivity contribution in [1.82, 2.24) is 4.31 Å². The molecular weight excluding hydrogens is 291 g/mol. The molecule has 0 fully saturated rings. The van der Waals surface area contributed by atoms with Crippen LogP contribution in [0.15, 0.2) is 47.4 Å². The second-order valence-corrected chi connectivity index (χ2v) is 6.95. The summed E-state index contributed by atoms with van der Waals surface area (Å²) in [7, 11) is -3.79. The van der Waals surface area contributed by atoms with Crippen molar-refractivity contribution in [2.45, 2.75) is 17.9 Å². The summed E-state index contributed by atoms with van der Waals surface area (Å²) in [4.78, 5) is -0.165. The Kier molecular flexibility index (Phi) is 3.43. The Morgan fingerprint density at radius 3 is 2.57 bits per heavy atom. The summed E-state index contributed by atoms with van der Waals surface area (Å²) in [5.41, 5.74) is 7.89. The molecule has 0 saturated heterocycles. The lowest BCUT2D eigenvalue weighted by Crippen LogP contribution is -2.36. The number of sulfonamides is 1. The van der Waals surface area contributed by atoms with Gasteiger partial charge in [-0.1, -0.05) is 24.3 Å². The lowest BCUT2D eigenvalue weighted by atomic mass is 10.0. The highest BCUT2D eigenvalue weighted by atomic mass is 32.2. The molecule has 0 radical (unpaired) electrons. The zero-order valence-corrected chi connectivity index (χ0v) is 12.1. The van der Waals surface area contributed by atoms with E-state index in [4.69, 9.17) is 5.73 Å². The first kappa shape index (κ1) is 14.0. The van der Waals surface area contributed by atoms with Gasteiger partial charge in [0.05, 0.1) is 5.69 Å². The normalized spacial score (nSPS) is 15.7. The van der Waals surface area contributed by atoms with Crippen molar-refractivity contribution >= 4 is 15.7 Å². The Bertz CT molecular complexity index is 790. The number of anilines is 1. The van der Waals surface area contributed by atoms with Crippen LogP contribution in [0.25, 0.3) is 0 Å². The zero-order chi connectivity index (χ0) is 15.0. The summed E-state index contributed by atoms with van der Waals surface area (Å²) in [6.45, 7) is 0.657. The minimum atomic E-state index is -3.79. The minimum absolute atomic E-state index is 0.0651. The van der Waals surface area contributed by atoms with Gasteiger partial charge in [-0.15, -0.1) is 0 Å². The van der Waals surface area contributed by atoms with Gasteiger partial charge < -0.3 is 5.73 Å². The molecule has 1 aliphatic rings. The van der Waals surface area contributed by atoms with E-state index >= 15 is 0 Å². The van der Waals surface area contributed by atoms with Gasteiger partial charge in [0, 0.05) is 13.1 Å². The third-order valence-electron chi connectivity index (χ3n) is 3.69. The van der Waals surface area contributed by atoms with Crippen LogP contribution in [0.2, 0.25) is 0 Å². The Morgan fingerprint density at radius 1 is 1.10 bits per heavy atom. The zero-order valence-electron chi connectivity index (χ0n) is 11.3. The number of rotatable bonds is 2. The topological polar surface area (TPSA) is 63.4 Å². The fraction of sp³-hybridized carbons (Fsp3) is 0.200. The van der Waals surface area contributed by atoms with E-state index in [-0.39, 0.29) is 17.1 Å². The van der Waals surface area contributed by atoms with Gasteiger partial charge in [-0.3, -0.25) is 0 Å². The van der Waals surface area contributed by atoms with E-state index in [1.807, 2.05) is 24.3 Å². The molecular formula is C15H15FN2O2S. The van der Waals surface area contributed by atoms with Crippen LogP contribution >= 0.6 is 0 Å². The molecule has 0 bridgehead atoms. The van der Waals surface area contributed by atoms with Crippen LogP contribution in [0.1, 0.15) is 11.1 Å². The molecule has 2 N–H and O–H groups in total. The molecule has 21 heavy (non-hydrogen) atoms. The Labute approximate surface area is 123 Å². The maximum atomic E-state index is 13.3. The van der Waals surface area contributed by atoms with E-state index in [1.165, 1.54) is 10.4 Å². The molecule has 0 amide bonds. The molecule has 1 aliphatic heterocycles. The first-order valence-electron chi connectivity index (χ1n) is 6.60. The second-order valence-electron chi connectivity index (χ2n) is 5.04. The molecule has 0 spiro atoms. The molecule has 110 valence electrons. The van der Waals surface area contributed by atoms with E-state index in [2.05, 4.69) is 0 Å². The van der Waals surface area contributed by atoms with Crippen LogP contribution in [-0.4, -0.2) is 19.3 Å². The van der Waals surface area contributed by atoms with Crippen LogP contribution in [0, 0.1) is 5.82 Å². The number of fused-ring (bicyclic) bond motifs is 1. The molecule has 1 heterocycles. The van der Waals surface area contributed by atoms with E-state index in [1.54, 1.807) is 0 Å². The fourth-order valence-electron chi connectivity index (χ4n) is 2.55. The summed E-state index contributed by atoms with van der Waals surface area (Å²) in [6.07, 6.45) is 0.643. The smallest absolute Gasteiger partial charge is 0.245 e. The molecule has 2 aromatic rings. The molecule has 0 aliphatic carbocycles.